The molecule has 2 aromatic rings. The van der Waals surface area contributed by atoms with Crippen LogP contribution in [0.15, 0.2) is 42.0 Å². The molecule has 0 aliphatic heterocycles. The van der Waals surface area contributed by atoms with Crippen molar-refractivity contribution in [3.8, 4) is 0 Å². The lowest BCUT2D eigenvalue weighted by molar-refractivity contribution is -0.0169. The predicted molar refractivity (Wildman–Crippen MR) is 113 cm³/mol. The van der Waals surface area contributed by atoms with E-state index in [1.807, 2.05) is 0 Å². The standard InChI is InChI=1S/C26H31NO/c1-25-11-9-19(28)15-18(25)7-8-20-21(25)10-12-26(2)22(20)14-17-13-16-5-3-4-6-23(16)27-24(17)26/h3-7,13,19-22,28H,8-12,14-15H2,1-2H3/t19-,20+,21-,22-,25-,26-/m0/s1. The topological polar surface area (TPSA) is 33.1 Å². The number of aliphatic hydroxyl groups is 1. The van der Waals surface area contributed by atoms with Crippen molar-refractivity contribution >= 4 is 10.9 Å². The highest BCUT2D eigenvalue weighted by Gasteiger charge is 2.57. The van der Waals surface area contributed by atoms with Crippen LogP contribution >= 0.6 is 0 Å². The minimum atomic E-state index is -0.114. The summed E-state index contributed by atoms with van der Waals surface area (Å²) >= 11 is 0. The maximum Gasteiger partial charge on any atom is 0.0705 e. The molecule has 1 N–H and O–H groups in total. The quantitative estimate of drug-likeness (QED) is 0.612. The number of hydrogen-bond donors (Lipinski definition) is 1. The first-order chi connectivity index (χ1) is 13.5. The highest BCUT2D eigenvalue weighted by Crippen LogP contribution is 2.64. The molecule has 6 rings (SSSR count). The van der Waals surface area contributed by atoms with E-state index in [0.29, 0.717) is 11.3 Å². The lowest BCUT2D eigenvalue weighted by Gasteiger charge is -2.57. The van der Waals surface area contributed by atoms with Crippen LogP contribution in [0.3, 0.4) is 0 Å². The normalized spacial score (nSPS) is 41.6. The Morgan fingerprint density at radius 1 is 1.00 bits per heavy atom. The molecule has 4 aliphatic carbocycles. The van der Waals surface area contributed by atoms with Crippen LogP contribution in [0.5, 0.6) is 0 Å². The number of pyridine rings is 1. The highest BCUT2D eigenvalue weighted by molar-refractivity contribution is 5.80. The van der Waals surface area contributed by atoms with Gasteiger partial charge < -0.3 is 5.11 Å². The van der Waals surface area contributed by atoms with Crippen LogP contribution in [0.1, 0.15) is 63.6 Å². The second kappa shape index (κ2) is 5.69. The minimum absolute atomic E-state index is 0.114. The summed E-state index contributed by atoms with van der Waals surface area (Å²) in [6.07, 6.45) is 10.5. The average Bonchev–Trinajstić information content (AvgIpc) is 2.99. The lowest BCUT2D eigenvalue weighted by atomic mass is 9.48. The molecule has 0 bridgehead atoms. The molecule has 1 heterocycles. The van der Waals surface area contributed by atoms with Crippen molar-refractivity contribution in [3.63, 3.8) is 0 Å². The van der Waals surface area contributed by atoms with Gasteiger partial charge in [-0.15, -0.1) is 0 Å². The SMILES string of the molecule is C[C@]12CC[C@H](O)CC1=CC[C@@H]1[C@@H]2CC[C@]2(C)c3nc4ccccc4cc3C[C@@H]12. The van der Waals surface area contributed by atoms with Crippen molar-refractivity contribution < 1.29 is 5.11 Å². The maximum atomic E-state index is 10.2. The van der Waals surface area contributed by atoms with Gasteiger partial charge in [0.1, 0.15) is 0 Å². The Labute approximate surface area is 168 Å². The van der Waals surface area contributed by atoms with E-state index in [2.05, 4.69) is 50.3 Å². The fourth-order valence-corrected chi connectivity index (χ4v) is 7.68. The zero-order chi connectivity index (χ0) is 19.1. The van der Waals surface area contributed by atoms with Gasteiger partial charge in [-0.05, 0) is 85.8 Å². The van der Waals surface area contributed by atoms with Crippen LogP contribution in [-0.4, -0.2) is 16.2 Å². The summed E-state index contributed by atoms with van der Waals surface area (Å²) in [5.41, 5.74) is 6.17. The van der Waals surface area contributed by atoms with Crippen LogP contribution in [0.2, 0.25) is 0 Å². The second-order valence-electron chi connectivity index (χ2n) is 10.5. The number of allylic oxidation sites excluding steroid dienone is 1. The summed E-state index contributed by atoms with van der Waals surface area (Å²) in [6, 6.07) is 11.0. The number of fused-ring (bicyclic) bond motifs is 8. The summed E-state index contributed by atoms with van der Waals surface area (Å²) < 4.78 is 0. The van der Waals surface area contributed by atoms with Crippen molar-refractivity contribution in [2.24, 2.45) is 23.2 Å². The average molecular weight is 374 g/mol. The number of benzene rings is 1. The monoisotopic (exact) mass is 373 g/mol. The molecule has 2 nitrogen and oxygen atoms in total. The van der Waals surface area contributed by atoms with Gasteiger partial charge in [0, 0.05) is 10.8 Å². The van der Waals surface area contributed by atoms with E-state index in [9.17, 15) is 5.11 Å². The Morgan fingerprint density at radius 3 is 2.71 bits per heavy atom. The summed E-state index contributed by atoms with van der Waals surface area (Å²) in [5.74, 6) is 2.26. The third-order valence-corrected chi connectivity index (χ3v) is 9.25. The van der Waals surface area contributed by atoms with Gasteiger partial charge in [-0.1, -0.05) is 43.7 Å². The number of nitrogens with zero attached hydrogens (tertiary/aromatic N) is 1. The molecule has 2 fully saturated rings. The van der Waals surface area contributed by atoms with Crippen LogP contribution in [0, 0.1) is 23.2 Å². The second-order valence-corrected chi connectivity index (χ2v) is 10.5. The summed E-state index contributed by atoms with van der Waals surface area (Å²) in [6.45, 7) is 5.02. The van der Waals surface area contributed by atoms with Gasteiger partial charge in [-0.2, -0.15) is 0 Å². The molecule has 0 spiro atoms. The van der Waals surface area contributed by atoms with E-state index in [4.69, 9.17) is 4.98 Å². The zero-order valence-electron chi connectivity index (χ0n) is 17.1. The molecule has 0 unspecified atom stereocenters. The summed E-state index contributed by atoms with van der Waals surface area (Å²) in [5, 5.41) is 11.5. The molecular weight excluding hydrogens is 342 g/mol. The van der Waals surface area contributed by atoms with E-state index in [1.54, 1.807) is 5.57 Å². The van der Waals surface area contributed by atoms with Gasteiger partial charge in [0.25, 0.3) is 0 Å². The molecule has 2 heteroatoms. The smallest absolute Gasteiger partial charge is 0.0705 e. The van der Waals surface area contributed by atoms with Crippen molar-refractivity contribution in [1.82, 2.24) is 4.98 Å². The molecule has 4 aliphatic rings. The first-order valence-electron chi connectivity index (χ1n) is 11.3. The molecule has 146 valence electrons. The Hall–Kier alpha value is -1.67. The van der Waals surface area contributed by atoms with Crippen molar-refractivity contribution in [2.45, 2.75) is 70.3 Å². The summed E-state index contributed by atoms with van der Waals surface area (Å²) in [4.78, 5) is 5.21. The number of aromatic nitrogens is 1. The number of aliphatic hydroxyl groups excluding tert-OH is 1. The lowest BCUT2D eigenvalue weighted by Crippen LogP contribution is -2.51. The molecule has 6 atom stereocenters. The molecule has 0 radical (unpaired) electrons. The third-order valence-electron chi connectivity index (χ3n) is 9.25. The van der Waals surface area contributed by atoms with Crippen molar-refractivity contribution in [1.29, 1.82) is 0 Å². The fourth-order valence-electron chi connectivity index (χ4n) is 7.68. The first kappa shape index (κ1) is 17.2. The predicted octanol–water partition coefficient (Wildman–Crippen LogP) is 5.57. The highest BCUT2D eigenvalue weighted by atomic mass is 16.3. The van der Waals surface area contributed by atoms with Crippen LogP contribution < -0.4 is 0 Å². The van der Waals surface area contributed by atoms with Crippen LogP contribution in [0.4, 0.5) is 0 Å². The third kappa shape index (κ3) is 2.16. The molecule has 28 heavy (non-hydrogen) atoms. The van der Waals surface area contributed by atoms with Gasteiger partial charge >= 0.3 is 0 Å². The molecule has 1 aromatic carbocycles. The van der Waals surface area contributed by atoms with Gasteiger partial charge in [0.05, 0.1) is 17.3 Å². The number of rotatable bonds is 0. The largest absolute Gasteiger partial charge is 0.393 e. The van der Waals surface area contributed by atoms with Gasteiger partial charge in [0.2, 0.25) is 0 Å². The summed E-state index contributed by atoms with van der Waals surface area (Å²) in [7, 11) is 0. The van der Waals surface area contributed by atoms with Crippen LogP contribution in [-0.2, 0) is 11.8 Å². The van der Waals surface area contributed by atoms with E-state index in [-0.39, 0.29) is 11.5 Å². The van der Waals surface area contributed by atoms with Gasteiger partial charge in [-0.3, -0.25) is 4.98 Å². The zero-order valence-corrected chi connectivity index (χ0v) is 17.1. The minimum Gasteiger partial charge on any atom is -0.393 e. The Kier molecular flexibility index (Phi) is 3.50. The Bertz CT molecular complexity index is 993. The Balaban J connectivity index is 1.42. The molecule has 2 saturated carbocycles. The molecule has 0 saturated heterocycles. The van der Waals surface area contributed by atoms with Crippen molar-refractivity contribution in [2.75, 3.05) is 0 Å². The fraction of sp³-hybridized carbons (Fsp3) is 0.577. The van der Waals surface area contributed by atoms with Gasteiger partial charge in [-0.25, -0.2) is 0 Å². The van der Waals surface area contributed by atoms with Gasteiger partial charge in [0.15, 0.2) is 0 Å². The molecule has 1 aromatic heterocycles. The van der Waals surface area contributed by atoms with Crippen molar-refractivity contribution in [3.05, 3.63) is 53.2 Å². The first-order valence-corrected chi connectivity index (χ1v) is 11.3. The molecule has 0 amide bonds. The number of para-hydroxylation sites is 1. The van der Waals surface area contributed by atoms with E-state index < -0.39 is 0 Å². The Morgan fingerprint density at radius 2 is 1.82 bits per heavy atom. The van der Waals surface area contributed by atoms with E-state index >= 15 is 0 Å². The van der Waals surface area contributed by atoms with Crippen LogP contribution in [0.25, 0.3) is 10.9 Å². The maximum absolute atomic E-state index is 10.2. The van der Waals surface area contributed by atoms with E-state index in [1.165, 1.54) is 48.7 Å². The number of hydrogen-bond acceptors (Lipinski definition) is 2. The van der Waals surface area contributed by atoms with E-state index in [0.717, 1.165) is 30.2 Å². The molecular formula is C26H31NO.